The lowest BCUT2D eigenvalue weighted by Crippen LogP contribution is -2.28. The van der Waals surface area contributed by atoms with Crippen LogP contribution in [0.15, 0.2) is 9.57 Å². The molecule has 0 saturated heterocycles. The van der Waals surface area contributed by atoms with Crippen LogP contribution in [0.1, 0.15) is 23.8 Å². The normalized spacial score (nSPS) is 11.5. The number of oxime groups is 1. The van der Waals surface area contributed by atoms with Gasteiger partial charge in [-0.3, -0.25) is 4.79 Å². The van der Waals surface area contributed by atoms with E-state index in [4.69, 9.17) is 15.4 Å². The smallest absolute Gasteiger partial charge is 0.228 e. The Bertz CT molecular complexity index is 391. The highest BCUT2D eigenvalue weighted by atomic mass is 16.4. The maximum atomic E-state index is 11.2. The van der Waals surface area contributed by atoms with Crippen LogP contribution in [0, 0.1) is 13.8 Å². The number of aromatic nitrogens is 1. The maximum absolute atomic E-state index is 11.2. The minimum Gasteiger partial charge on any atom is -0.444 e. The fourth-order valence-electron chi connectivity index (χ4n) is 1.05. The molecule has 0 aliphatic carbocycles. The second kappa shape index (κ2) is 5.15. The van der Waals surface area contributed by atoms with Gasteiger partial charge in [-0.1, -0.05) is 5.16 Å². The van der Waals surface area contributed by atoms with Gasteiger partial charge in [0.2, 0.25) is 11.8 Å². The summed E-state index contributed by atoms with van der Waals surface area (Å²) in [4.78, 5) is 15.3. The topological polar surface area (TPSA) is 114 Å². The van der Waals surface area contributed by atoms with Crippen LogP contribution in [0.4, 0.5) is 0 Å². The summed E-state index contributed by atoms with van der Waals surface area (Å²) in [6.45, 7) is 3.80. The Kier molecular flexibility index (Phi) is 3.87. The number of rotatable bonds is 4. The molecule has 7 heteroatoms. The van der Waals surface area contributed by atoms with Gasteiger partial charge in [-0.2, -0.15) is 0 Å². The molecule has 0 fully saturated rings. The van der Waals surface area contributed by atoms with Crippen LogP contribution in [0.5, 0.6) is 0 Å². The van der Waals surface area contributed by atoms with Gasteiger partial charge in [-0.25, -0.2) is 4.98 Å². The maximum Gasteiger partial charge on any atom is 0.228 e. The van der Waals surface area contributed by atoms with Crippen molar-refractivity contribution in [2.45, 2.75) is 26.8 Å². The number of nitrogens with two attached hydrogens (primary N) is 1. The summed E-state index contributed by atoms with van der Waals surface area (Å²) in [5.74, 6) is 0.657. The predicted octanol–water partition coefficient (Wildman–Crippen LogP) is 0.0441. The molecule has 0 radical (unpaired) electrons. The van der Waals surface area contributed by atoms with Gasteiger partial charge in [0.05, 0.1) is 18.7 Å². The van der Waals surface area contributed by atoms with Crippen LogP contribution in [-0.4, -0.2) is 21.9 Å². The first-order valence-corrected chi connectivity index (χ1v) is 4.69. The molecule has 16 heavy (non-hydrogen) atoms. The van der Waals surface area contributed by atoms with Crippen LogP contribution in [0.3, 0.4) is 0 Å². The lowest BCUT2D eigenvalue weighted by Gasteiger charge is -2.00. The number of carbonyl (C=O) groups excluding carboxylic acids is 1. The molecule has 0 atom stereocenters. The number of oxazole rings is 1. The van der Waals surface area contributed by atoms with Crippen molar-refractivity contribution in [2.75, 3.05) is 0 Å². The van der Waals surface area contributed by atoms with Crippen molar-refractivity contribution in [2.24, 2.45) is 10.9 Å². The van der Waals surface area contributed by atoms with Crippen molar-refractivity contribution in [3.8, 4) is 0 Å². The minimum atomic E-state index is -0.358. The second-order valence-electron chi connectivity index (χ2n) is 3.29. The van der Waals surface area contributed by atoms with Crippen molar-refractivity contribution in [1.29, 1.82) is 0 Å². The van der Waals surface area contributed by atoms with Gasteiger partial charge in [0.1, 0.15) is 11.6 Å². The second-order valence-corrected chi connectivity index (χ2v) is 3.29. The number of amidine groups is 1. The van der Waals surface area contributed by atoms with Gasteiger partial charge in [0.25, 0.3) is 0 Å². The van der Waals surface area contributed by atoms with E-state index >= 15 is 0 Å². The van der Waals surface area contributed by atoms with Gasteiger partial charge in [0.15, 0.2) is 0 Å². The molecule has 1 rings (SSSR count). The Morgan fingerprint density at radius 1 is 1.62 bits per heavy atom. The molecule has 0 aromatic carbocycles. The highest BCUT2D eigenvalue weighted by Crippen LogP contribution is 2.07. The predicted molar refractivity (Wildman–Crippen MR) is 55.8 cm³/mol. The molecule has 1 heterocycles. The van der Waals surface area contributed by atoms with E-state index < -0.39 is 0 Å². The largest absolute Gasteiger partial charge is 0.444 e. The number of amides is 1. The van der Waals surface area contributed by atoms with Gasteiger partial charge in [0, 0.05) is 0 Å². The Morgan fingerprint density at radius 2 is 2.31 bits per heavy atom. The average molecular weight is 226 g/mol. The standard InChI is InChI=1S/C9H14N4O3/c1-5-6(2)16-9(12-5)4-11-8(14)3-7(10)13-15/h15H,3-4H2,1-2H3,(H2,10,13)(H,11,14). The van der Waals surface area contributed by atoms with E-state index in [2.05, 4.69) is 15.5 Å². The average Bonchev–Trinajstić information content (AvgIpc) is 2.55. The van der Waals surface area contributed by atoms with E-state index in [9.17, 15) is 4.79 Å². The highest BCUT2D eigenvalue weighted by molar-refractivity contribution is 5.98. The molecule has 1 amide bonds. The number of hydrogen-bond donors (Lipinski definition) is 3. The summed E-state index contributed by atoms with van der Waals surface area (Å²) in [6, 6.07) is 0. The molecule has 0 spiro atoms. The minimum absolute atomic E-state index is 0.141. The summed E-state index contributed by atoms with van der Waals surface area (Å²) in [6.07, 6.45) is -0.158. The zero-order chi connectivity index (χ0) is 12.1. The first kappa shape index (κ1) is 12.0. The van der Waals surface area contributed by atoms with Crippen molar-refractivity contribution >= 4 is 11.7 Å². The SMILES string of the molecule is Cc1nc(CNC(=O)CC(N)=NO)oc1C. The van der Waals surface area contributed by atoms with Crippen LogP contribution < -0.4 is 11.1 Å². The third kappa shape index (κ3) is 3.26. The Labute approximate surface area is 92.3 Å². The fourth-order valence-corrected chi connectivity index (χ4v) is 1.05. The van der Waals surface area contributed by atoms with Crippen molar-refractivity contribution < 1.29 is 14.4 Å². The molecule has 1 aromatic heterocycles. The Balaban J connectivity index is 2.43. The van der Waals surface area contributed by atoms with E-state index in [0.29, 0.717) is 5.89 Å². The van der Waals surface area contributed by atoms with Crippen LogP contribution in [0.2, 0.25) is 0 Å². The van der Waals surface area contributed by atoms with Crippen molar-refractivity contribution in [3.63, 3.8) is 0 Å². The lowest BCUT2D eigenvalue weighted by molar-refractivity contribution is -0.120. The molecular formula is C9H14N4O3. The molecular weight excluding hydrogens is 212 g/mol. The molecule has 0 bridgehead atoms. The van der Waals surface area contributed by atoms with Gasteiger partial charge in [-0.15, -0.1) is 0 Å². The number of nitrogens with zero attached hydrogens (tertiary/aromatic N) is 2. The molecule has 0 saturated carbocycles. The molecule has 0 aliphatic rings. The van der Waals surface area contributed by atoms with Crippen LogP contribution >= 0.6 is 0 Å². The van der Waals surface area contributed by atoms with E-state index in [0.717, 1.165) is 11.5 Å². The Hall–Kier alpha value is -2.05. The number of hydrogen-bond acceptors (Lipinski definition) is 5. The third-order valence-corrected chi connectivity index (χ3v) is 1.98. The van der Waals surface area contributed by atoms with E-state index in [1.54, 1.807) is 6.92 Å². The van der Waals surface area contributed by atoms with Crippen molar-refractivity contribution in [3.05, 3.63) is 17.3 Å². The summed E-state index contributed by atoms with van der Waals surface area (Å²) in [5.41, 5.74) is 5.96. The van der Waals surface area contributed by atoms with Gasteiger partial charge < -0.3 is 20.7 Å². The van der Waals surface area contributed by atoms with E-state index in [1.165, 1.54) is 0 Å². The first-order chi connectivity index (χ1) is 7.52. The summed E-state index contributed by atoms with van der Waals surface area (Å²) in [5, 5.41) is 13.5. The van der Waals surface area contributed by atoms with E-state index in [-0.39, 0.29) is 24.7 Å². The zero-order valence-electron chi connectivity index (χ0n) is 9.15. The third-order valence-electron chi connectivity index (χ3n) is 1.98. The monoisotopic (exact) mass is 226 g/mol. The summed E-state index contributed by atoms with van der Waals surface area (Å²) < 4.78 is 5.26. The fraction of sp³-hybridized carbons (Fsp3) is 0.444. The number of carbonyl (C=O) groups is 1. The first-order valence-electron chi connectivity index (χ1n) is 4.69. The molecule has 7 nitrogen and oxygen atoms in total. The highest BCUT2D eigenvalue weighted by Gasteiger charge is 2.08. The number of nitrogens with one attached hydrogen (secondary N) is 1. The molecule has 4 N–H and O–H groups in total. The van der Waals surface area contributed by atoms with Gasteiger partial charge in [-0.05, 0) is 13.8 Å². The van der Waals surface area contributed by atoms with Gasteiger partial charge >= 0.3 is 0 Å². The molecule has 0 unspecified atom stereocenters. The molecule has 0 aliphatic heterocycles. The summed E-state index contributed by atoms with van der Waals surface area (Å²) in [7, 11) is 0. The molecule has 88 valence electrons. The summed E-state index contributed by atoms with van der Waals surface area (Å²) >= 11 is 0. The lowest BCUT2D eigenvalue weighted by atomic mass is 10.4. The number of aryl methyl sites for hydroxylation is 2. The van der Waals surface area contributed by atoms with E-state index in [1.807, 2.05) is 6.92 Å². The zero-order valence-corrected chi connectivity index (χ0v) is 9.15. The Morgan fingerprint density at radius 3 is 2.81 bits per heavy atom. The molecule has 1 aromatic rings. The van der Waals surface area contributed by atoms with Crippen molar-refractivity contribution in [1.82, 2.24) is 10.3 Å². The quantitative estimate of drug-likeness (QED) is 0.290. The van der Waals surface area contributed by atoms with Crippen LogP contribution in [-0.2, 0) is 11.3 Å². The van der Waals surface area contributed by atoms with Crippen LogP contribution in [0.25, 0.3) is 0 Å².